The van der Waals surface area contributed by atoms with Gasteiger partial charge in [0.05, 0.1) is 14.2 Å². The average Bonchev–Trinajstić information content (AvgIpc) is 2.64. The Labute approximate surface area is 151 Å². The Bertz CT molecular complexity index is 815. The van der Waals surface area contributed by atoms with E-state index in [1.807, 2.05) is 41.4 Å². The molecule has 0 unspecified atom stereocenters. The summed E-state index contributed by atoms with van der Waals surface area (Å²) in [6.07, 6.45) is 3.99. The number of hydrogen-bond acceptors (Lipinski definition) is 3. The zero-order chi connectivity index (χ0) is 17.8. The fourth-order valence-corrected chi connectivity index (χ4v) is 2.93. The average molecular weight is 360 g/mol. The molecule has 2 aromatic rings. The van der Waals surface area contributed by atoms with Gasteiger partial charge in [-0.1, -0.05) is 29.8 Å². The highest BCUT2D eigenvalue weighted by Crippen LogP contribution is 2.29. The van der Waals surface area contributed by atoms with Crippen LogP contribution >= 0.6 is 11.6 Å². The molecule has 0 atom stereocenters. The van der Waals surface area contributed by atoms with Crippen LogP contribution in [-0.4, -0.2) is 25.7 Å². The Morgan fingerprint density at radius 2 is 1.84 bits per heavy atom. The first-order chi connectivity index (χ1) is 12.1. The van der Waals surface area contributed by atoms with E-state index in [1.54, 1.807) is 26.4 Å². The van der Waals surface area contributed by atoms with Crippen LogP contribution in [0.4, 0.5) is 4.39 Å². The maximum Gasteiger partial charge on any atom is 0.129 e. The molecule has 0 amide bonds. The summed E-state index contributed by atoms with van der Waals surface area (Å²) in [4.78, 5) is 2.04. The van der Waals surface area contributed by atoms with Gasteiger partial charge in [-0.3, -0.25) is 0 Å². The van der Waals surface area contributed by atoms with E-state index in [0.717, 1.165) is 22.6 Å². The van der Waals surface area contributed by atoms with Crippen LogP contribution in [-0.2, 0) is 11.3 Å². The monoisotopic (exact) mass is 359 g/mol. The largest absolute Gasteiger partial charge is 0.497 e. The Morgan fingerprint density at radius 3 is 2.48 bits per heavy atom. The molecule has 0 N–H and O–H groups in total. The molecule has 5 heteroatoms. The Balaban J connectivity index is 1.86. The molecule has 0 fully saturated rings. The molecule has 0 spiro atoms. The Morgan fingerprint density at radius 1 is 1.08 bits per heavy atom. The van der Waals surface area contributed by atoms with Gasteiger partial charge in [0, 0.05) is 35.4 Å². The number of hydrogen-bond donors (Lipinski definition) is 0. The van der Waals surface area contributed by atoms with Gasteiger partial charge in [0.1, 0.15) is 17.3 Å². The van der Waals surface area contributed by atoms with E-state index in [4.69, 9.17) is 21.1 Å². The molecule has 1 aliphatic rings. The topological polar surface area (TPSA) is 21.7 Å². The molecular formula is C20H19ClFNO2. The van der Waals surface area contributed by atoms with E-state index in [0.29, 0.717) is 23.7 Å². The van der Waals surface area contributed by atoms with Gasteiger partial charge in [-0.2, -0.15) is 0 Å². The molecule has 0 saturated heterocycles. The first kappa shape index (κ1) is 17.4. The predicted molar refractivity (Wildman–Crippen MR) is 97.9 cm³/mol. The third-order valence-electron chi connectivity index (χ3n) is 4.10. The number of allylic oxidation sites excluding steroid dienone is 1. The molecular weight excluding hydrogens is 341 g/mol. The first-order valence-corrected chi connectivity index (χ1v) is 8.27. The van der Waals surface area contributed by atoms with E-state index in [2.05, 4.69) is 0 Å². The van der Waals surface area contributed by atoms with Crippen LogP contribution in [0.3, 0.4) is 0 Å². The normalized spacial score (nSPS) is 14.0. The van der Waals surface area contributed by atoms with Crippen molar-refractivity contribution >= 4 is 17.2 Å². The summed E-state index contributed by atoms with van der Waals surface area (Å²) in [5.41, 5.74) is 2.56. The summed E-state index contributed by atoms with van der Waals surface area (Å²) in [5.74, 6) is 1.30. The minimum atomic E-state index is -0.298. The van der Waals surface area contributed by atoms with Crippen LogP contribution in [0.5, 0.6) is 5.75 Å². The van der Waals surface area contributed by atoms with Crippen molar-refractivity contribution < 1.29 is 13.9 Å². The molecule has 3 nitrogen and oxygen atoms in total. The minimum absolute atomic E-state index is 0.298. The van der Waals surface area contributed by atoms with Crippen LogP contribution < -0.4 is 4.74 Å². The van der Waals surface area contributed by atoms with Crippen LogP contribution in [0.25, 0.3) is 5.57 Å². The van der Waals surface area contributed by atoms with Crippen molar-refractivity contribution in [1.82, 2.24) is 4.90 Å². The van der Waals surface area contributed by atoms with Crippen molar-refractivity contribution in [2.24, 2.45) is 0 Å². The lowest BCUT2D eigenvalue weighted by Gasteiger charge is -2.26. The molecule has 0 bridgehead atoms. The maximum absolute atomic E-state index is 14.1. The second kappa shape index (κ2) is 7.62. The minimum Gasteiger partial charge on any atom is -0.497 e. The van der Waals surface area contributed by atoms with Crippen LogP contribution in [0, 0.1) is 5.82 Å². The van der Waals surface area contributed by atoms with Crippen LogP contribution in [0.15, 0.2) is 60.5 Å². The van der Waals surface area contributed by atoms with Gasteiger partial charge < -0.3 is 14.4 Å². The second-order valence-electron chi connectivity index (χ2n) is 5.71. The third-order valence-corrected chi connectivity index (χ3v) is 4.33. The maximum atomic E-state index is 14.1. The van der Waals surface area contributed by atoms with Gasteiger partial charge in [0.25, 0.3) is 0 Å². The Kier molecular flexibility index (Phi) is 5.29. The van der Waals surface area contributed by atoms with Crippen molar-refractivity contribution in [2.45, 2.75) is 6.54 Å². The number of methoxy groups -OCH3 is 2. The summed E-state index contributed by atoms with van der Waals surface area (Å²) < 4.78 is 24.8. The van der Waals surface area contributed by atoms with Crippen LogP contribution in [0.1, 0.15) is 11.1 Å². The molecule has 1 aliphatic heterocycles. The van der Waals surface area contributed by atoms with E-state index in [-0.39, 0.29) is 5.82 Å². The fraction of sp³-hybridized carbons (Fsp3) is 0.200. The Hall–Kier alpha value is -2.46. The lowest BCUT2D eigenvalue weighted by atomic mass is 10.0. The second-order valence-corrected chi connectivity index (χ2v) is 6.15. The molecule has 3 rings (SSSR count). The zero-order valence-electron chi connectivity index (χ0n) is 14.1. The number of halogens is 2. The van der Waals surface area contributed by atoms with Gasteiger partial charge in [0.15, 0.2) is 0 Å². The molecule has 1 heterocycles. The van der Waals surface area contributed by atoms with Crippen molar-refractivity contribution in [3.63, 3.8) is 0 Å². The summed E-state index contributed by atoms with van der Waals surface area (Å²) >= 11 is 5.82. The number of benzene rings is 2. The van der Waals surface area contributed by atoms with E-state index in [9.17, 15) is 4.39 Å². The summed E-state index contributed by atoms with van der Waals surface area (Å²) in [6, 6.07) is 12.5. The predicted octanol–water partition coefficient (Wildman–Crippen LogP) is 4.87. The van der Waals surface area contributed by atoms with Gasteiger partial charge in [-0.05, 0) is 35.9 Å². The highest BCUT2D eigenvalue weighted by atomic mass is 35.5. The third kappa shape index (κ3) is 3.97. The van der Waals surface area contributed by atoms with Crippen molar-refractivity contribution in [3.8, 4) is 5.75 Å². The van der Waals surface area contributed by atoms with Crippen molar-refractivity contribution in [1.29, 1.82) is 0 Å². The lowest BCUT2D eigenvalue weighted by Crippen LogP contribution is -2.22. The smallest absolute Gasteiger partial charge is 0.129 e. The van der Waals surface area contributed by atoms with E-state index >= 15 is 0 Å². The van der Waals surface area contributed by atoms with E-state index < -0.39 is 0 Å². The lowest BCUT2D eigenvalue weighted by molar-refractivity contribution is 0.296. The summed E-state index contributed by atoms with van der Waals surface area (Å²) in [6.45, 7) is 1.10. The molecule has 0 aromatic heterocycles. The van der Waals surface area contributed by atoms with Crippen LogP contribution in [0.2, 0.25) is 5.02 Å². The number of ether oxygens (including phenoxy) is 2. The quantitative estimate of drug-likeness (QED) is 0.759. The molecule has 0 radical (unpaired) electrons. The summed E-state index contributed by atoms with van der Waals surface area (Å²) in [5, 5.41) is 0.399. The van der Waals surface area contributed by atoms with Gasteiger partial charge in [-0.15, -0.1) is 0 Å². The van der Waals surface area contributed by atoms with Gasteiger partial charge >= 0.3 is 0 Å². The SMILES string of the molecule is COC1=CCN(Cc2ccc(Cl)cc2F)C=C1c1ccc(OC)cc1. The molecule has 25 heavy (non-hydrogen) atoms. The molecule has 130 valence electrons. The highest BCUT2D eigenvalue weighted by molar-refractivity contribution is 6.30. The van der Waals surface area contributed by atoms with Crippen molar-refractivity contribution in [2.75, 3.05) is 20.8 Å². The van der Waals surface area contributed by atoms with Gasteiger partial charge in [-0.25, -0.2) is 4.39 Å². The number of nitrogens with zero attached hydrogens (tertiary/aromatic N) is 1. The fourth-order valence-electron chi connectivity index (χ4n) is 2.77. The number of rotatable bonds is 5. The molecule has 2 aromatic carbocycles. The van der Waals surface area contributed by atoms with Crippen molar-refractivity contribution in [3.05, 3.63) is 82.5 Å². The van der Waals surface area contributed by atoms with Gasteiger partial charge in [0.2, 0.25) is 0 Å². The highest BCUT2D eigenvalue weighted by Gasteiger charge is 2.17. The molecule has 0 aliphatic carbocycles. The molecule has 0 saturated carbocycles. The zero-order valence-corrected chi connectivity index (χ0v) is 14.9. The standard InChI is InChI=1S/C20H19ClFNO2/c1-24-17-7-4-14(5-8-17)18-13-23(10-9-20(18)25-2)12-15-3-6-16(21)11-19(15)22/h3-9,11,13H,10,12H2,1-2H3. The summed E-state index contributed by atoms with van der Waals surface area (Å²) in [7, 11) is 3.29. The first-order valence-electron chi connectivity index (χ1n) is 7.89. The van der Waals surface area contributed by atoms with E-state index in [1.165, 1.54) is 6.07 Å².